The monoisotopic (exact) mass is 410 g/mol. The highest BCUT2D eigenvalue weighted by Crippen LogP contribution is 2.38. The Morgan fingerprint density at radius 2 is 1.04 bits per heavy atom. The molecule has 0 amide bonds. The van der Waals surface area contributed by atoms with Crippen molar-refractivity contribution in [1.29, 1.82) is 0 Å². The average Bonchev–Trinajstić information content (AvgIpc) is 2.62. The molecule has 0 radical (unpaired) electrons. The molecule has 0 N–H and O–H groups in total. The van der Waals surface area contributed by atoms with E-state index in [2.05, 4.69) is 0 Å². The van der Waals surface area contributed by atoms with Gasteiger partial charge < -0.3 is 13.3 Å². The highest BCUT2D eigenvalue weighted by atomic mass is 28.4. The molecule has 3 nitrogen and oxygen atoms in total. The van der Waals surface area contributed by atoms with Gasteiger partial charge in [0.05, 0.1) is 11.1 Å². The Balaban J connectivity index is 2.55. The molecular weight excluding hydrogens is 394 g/mol. The van der Waals surface area contributed by atoms with Gasteiger partial charge in [-0.25, -0.2) is 0 Å². The number of hydrogen-bond donors (Lipinski definition) is 0. The molecule has 27 heavy (non-hydrogen) atoms. The van der Waals surface area contributed by atoms with Gasteiger partial charge in [-0.1, -0.05) is 24.3 Å². The van der Waals surface area contributed by atoms with Crippen LogP contribution in [0.15, 0.2) is 42.5 Å². The highest BCUT2D eigenvalue weighted by Gasteiger charge is 2.41. The number of rotatable bonds is 5. The van der Waals surface area contributed by atoms with Crippen LogP contribution in [0.4, 0.5) is 26.3 Å². The Morgan fingerprint density at radius 3 is 1.37 bits per heavy atom. The second-order valence-corrected chi connectivity index (χ2v) is 8.45. The normalized spacial score (nSPS) is 13.1. The van der Waals surface area contributed by atoms with Crippen molar-refractivity contribution in [2.75, 3.05) is 21.3 Å². The maximum Gasteiger partial charge on any atom is 0.536 e. The van der Waals surface area contributed by atoms with E-state index in [0.717, 1.165) is 0 Å². The topological polar surface area (TPSA) is 27.7 Å². The van der Waals surface area contributed by atoms with Crippen LogP contribution in [0.3, 0.4) is 0 Å². The van der Waals surface area contributed by atoms with E-state index in [1.165, 1.54) is 45.6 Å². The first-order valence-corrected chi connectivity index (χ1v) is 9.25. The zero-order valence-electron chi connectivity index (χ0n) is 14.5. The minimum atomic E-state index is -4.90. The number of benzene rings is 2. The fraction of sp³-hybridized carbons (Fsp3) is 0.294. The minimum absolute atomic E-state index is 0.0938. The molecule has 0 fully saturated rings. The fourth-order valence-electron chi connectivity index (χ4n) is 2.59. The van der Waals surface area contributed by atoms with Gasteiger partial charge in [0, 0.05) is 26.5 Å². The van der Waals surface area contributed by atoms with Crippen LogP contribution in [0, 0.1) is 0 Å². The highest BCUT2D eigenvalue weighted by molar-refractivity contribution is 6.75. The average molecular weight is 410 g/mol. The van der Waals surface area contributed by atoms with Crippen LogP contribution < -0.4 is 5.19 Å². The lowest BCUT2D eigenvalue weighted by Crippen LogP contribution is -2.54. The van der Waals surface area contributed by atoms with Gasteiger partial charge in [-0.3, -0.25) is 0 Å². The zero-order chi connectivity index (χ0) is 20.5. The molecule has 2 aromatic rings. The summed E-state index contributed by atoms with van der Waals surface area (Å²) in [6, 6.07) is 7.22. The smallest absolute Gasteiger partial charge is 0.373 e. The van der Waals surface area contributed by atoms with Crippen molar-refractivity contribution in [3.8, 4) is 11.1 Å². The second-order valence-electron chi connectivity index (χ2n) is 5.54. The van der Waals surface area contributed by atoms with Crippen LogP contribution in [-0.4, -0.2) is 30.1 Å². The number of alkyl halides is 6. The fourth-order valence-corrected chi connectivity index (χ4v) is 4.37. The van der Waals surface area contributed by atoms with Gasteiger partial charge in [-0.05, 0) is 29.3 Å². The summed E-state index contributed by atoms with van der Waals surface area (Å²) in [7, 11) is 0.994. The van der Waals surface area contributed by atoms with Gasteiger partial charge in [0.15, 0.2) is 0 Å². The molecule has 2 rings (SSSR count). The summed E-state index contributed by atoms with van der Waals surface area (Å²) in [5.74, 6) is 0. The lowest BCUT2D eigenvalue weighted by molar-refractivity contribution is -0.143. The van der Waals surface area contributed by atoms with E-state index in [0.29, 0.717) is 17.3 Å². The van der Waals surface area contributed by atoms with Crippen LogP contribution in [0.25, 0.3) is 11.1 Å². The molecule has 0 aromatic heterocycles. The lowest BCUT2D eigenvalue weighted by Gasteiger charge is -2.24. The maximum atomic E-state index is 13.0. The molecule has 0 heterocycles. The Kier molecular flexibility index (Phi) is 6.05. The van der Waals surface area contributed by atoms with Gasteiger partial charge in [0.1, 0.15) is 0 Å². The Hall–Kier alpha value is -1.88. The third-order valence-electron chi connectivity index (χ3n) is 3.97. The van der Waals surface area contributed by atoms with Crippen molar-refractivity contribution in [2.24, 2.45) is 0 Å². The molecule has 0 unspecified atom stereocenters. The molecule has 0 aliphatic heterocycles. The number of hydrogen-bond acceptors (Lipinski definition) is 3. The van der Waals surface area contributed by atoms with E-state index in [9.17, 15) is 26.3 Å². The van der Waals surface area contributed by atoms with Crippen LogP contribution in [0.5, 0.6) is 0 Å². The minimum Gasteiger partial charge on any atom is -0.373 e. The molecule has 0 saturated carbocycles. The summed E-state index contributed by atoms with van der Waals surface area (Å²) >= 11 is 0. The number of halogens is 6. The Labute approximate surface area is 152 Å². The predicted octanol–water partition coefficient (Wildman–Crippen LogP) is 4.48. The molecule has 10 heteroatoms. The molecule has 0 aliphatic rings. The molecule has 148 valence electrons. The van der Waals surface area contributed by atoms with Gasteiger partial charge in [-0.15, -0.1) is 0 Å². The third kappa shape index (κ3) is 4.51. The van der Waals surface area contributed by atoms with E-state index in [-0.39, 0.29) is 17.2 Å². The van der Waals surface area contributed by atoms with Crippen LogP contribution in [-0.2, 0) is 25.6 Å². The summed E-state index contributed by atoms with van der Waals surface area (Å²) in [6.07, 6.45) is -9.81. The Bertz CT molecular complexity index is 742. The predicted molar refractivity (Wildman–Crippen MR) is 88.3 cm³/mol. The van der Waals surface area contributed by atoms with Crippen molar-refractivity contribution in [2.45, 2.75) is 12.4 Å². The van der Waals surface area contributed by atoms with E-state index in [4.69, 9.17) is 13.3 Å². The summed E-state index contributed by atoms with van der Waals surface area (Å²) in [5, 5.41) is 0.516. The van der Waals surface area contributed by atoms with Crippen LogP contribution >= 0.6 is 0 Å². The molecule has 0 spiro atoms. The van der Waals surface area contributed by atoms with Gasteiger partial charge in [0.2, 0.25) is 0 Å². The van der Waals surface area contributed by atoms with Crippen LogP contribution in [0.2, 0.25) is 0 Å². The van der Waals surface area contributed by atoms with E-state index in [1.54, 1.807) is 0 Å². The summed E-state index contributed by atoms with van der Waals surface area (Å²) in [4.78, 5) is 0. The van der Waals surface area contributed by atoms with Crippen molar-refractivity contribution in [3.63, 3.8) is 0 Å². The molecular formula is C17H16F6O3Si. The van der Waals surface area contributed by atoms with Crippen molar-refractivity contribution >= 4 is 14.0 Å². The van der Waals surface area contributed by atoms with Gasteiger partial charge >= 0.3 is 21.2 Å². The second kappa shape index (κ2) is 7.62. The molecule has 2 aromatic carbocycles. The molecule has 0 aliphatic carbocycles. The molecule has 0 atom stereocenters. The first-order valence-electron chi connectivity index (χ1n) is 7.52. The molecule has 0 bridgehead atoms. The van der Waals surface area contributed by atoms with Gasteiger partial charge in [-0.2, -0.15) is 26.3 Å². The van der Waals surface area contributed by atoms with E-state index < -0.39 is 32.3 Å². The van der Waals surface area contributed by atoms with E-state index >= 15 is 0 Å². The zero-order valence-corrected chi connectivity index (χ0v) is 15.5. The van der Waals surface area contributed by atoms with Crippen molar-refractivity contribution in [3.05, 3.63) is 53.6 Å². The lowest BCUT2D eigenvalue weighted by atomic mass is 9.99. The first-order chi connectivity index (χ1) is 12.5. The van der Waals surface area contributed by atoms with Crippen molar-refractivity contribution in [1.82, 2.24) is 0 Å². The standard InChI is InChI=1S/C17H16F6O3Si/c1-24-27(25-2,26-3)15-6-4-11(5-7-15)12-8-13(16(18,19)20)10-14(9-12)17(21,22)23/h4-10H,1-3H3. The van der Waals surface area contributed by atoms with Gasteiger partial charge in [0.25, 0.3) is 0 Å². The summed E-state index contributed by atoms with van der Waals surface area (Å²) < 4.78 is 93.9. The quantitative estimate of drug-likeness (QED) is 0.538. The largest absolute Gasteiger partial charge is 0.536 e. The van der Waals surface area contributed by atoms with Crippen molar-refractivity contribution < 1.29 is 39.6 Å². The van der Waals surface area contributed by atoms with Crippen LogP contribution in [0.1, 0.15) is 11.1 Å². The SMILES string of the molecule is CO[Si](OC)(OC)c1ccc(-c2cc(C(F)(F)F)cc(C(F)(F)F)c2)cc1. The van der Waals surface area contributed by atoms with E-state index in [1.807, 2.05) is 0 Å². The summed E-state index contributed by atoms with van der Waals surface area (Å²) in [6.45, 7) is 0. The molecule has 0 saturated heterocycles. The summed E-state index contributed by atoms with van der Waals surface area (Å²) in [5.41, 5.74) is -2.76. The first kappa shape index (κ1) is 21.4. The maximum absolute atomic E-state index is 13.0. The third-order valence-corrected chi connectivity index (χ3v) is 6.62. The Morgan fingerprint density at radius 1 is 0.630 bits per heavy atom.